The van der Waals surface area contributed by atoms with E-state index in [9.17, 15) is 4.79 Å². The van der Waals surface area contributed by atoms with Crippen molar-refractivity contribution in [2.45, 2.75) is 45.6 Å². The van der Waals surface area contributed by atoms with E-state index in [0.717, 1.165) is 25.8 Å². The Kier molecular flexibility index (Phi) is 9.77. The van der Waals surface area contributed by atoms with Crippen LogP contribution in [0.2, 0.25) is 0 Å². The first-order valence-corrected chi connectivity index (χ1v) is 6.28. The predicted octanol–water partition coefficient (Wildman–Crippen LogP) is 1.64. The van der Waals surface area contributed by atoms with Gasteiger partial charge in [-0.15, -0.1) is 0 Å². The molecule has 0 rings (SSSR count). The van der Waals surface area contributed by atoms with Gasteiger partial charge < -0.3 is 15.2 Å². The van der Waals surface area contributed by atoms with Crippen molar-refractivity contribution in [1.29, 1.82) is 0 Å². The first kappa shape index (κ1) is 16.1. The van der Waals surface area contributed by atoms with Gasteiger partial charge in [-0.3, -0.25) is 0 Å². The molecule has 1 unspecified atom stereocenters. The third-order valence-electron chi connectivity index (χ3n) is 2.44. The van der Waals surface area contributed by atoms with Gasteiger partial charge >= 0.3 is 5.97 Å². The van der Waals surface area contributed by atoms with Crippen LogP contribution in [-0.4, -0.2) is 36.9 Å². The number of carbonyl (C=O) groups is 1. The van der Waals surface area contributed by atoms with E-state index in [1.54, 1.807) is 6.92 Å². The fourth-order valence-electron chi connectivity index (χ4n) is 1.36. The predicted molar refractivity (Wildman–Crippen MR) is 68.8 cm³/mol. The van der Waals surface area contributed by atoms with Crippen LogP contribution in [0.4, 0.5) is 0 Å². The van der Waals surface area contributed by atoms with Gasteiger partial charge in [0.05, 0.1) is 0 Å². The molecule has 100 valence electrons. The Hall–Kier alpha value is -0.870. The number of hydrogen-bond acceptors (Lipinski definition) is 4. The third kappa shape index (κ3) is 8.89. The maximum absolute atomic E-state index is 11.3. The summed E-state index contributed by atoms with van der Waals surface area (Å²) in [5.41, 5.74) is 0.416. The van der Waals surface area contributed by atoms with Crippen LogP contribution >= 0.6 is 0 Å². The molecule has 0 fully saturated rings. The average molecular weight is 243 g/mol. The Morgan fingerprint density at radius 1 is 1.47 bits per heavy atom. The summed E-state index contributed by atoms with van der Waals surface area (Å²) in [6.45, 7) is 8.72. The molecule has 0 aromatic heterocycles. The van der Waals surface area contributed by atoms with Crippen molar-refractivity contribution in [2.24, 2.45) is 0 Å². The molecule has 0 aliphatic carbocycles. The van der Waals surface area contributed by atoms with Crippen LogP contribution in [0.25, 0.3) is 0 Å². The Labute approximate surface area is 104 Å². The molecule has 0 radical (unpaired) electrons. The van der Waals surface area contributed by atoms with Crippen molar-refractivity contribution in [3.05, 3.63) is 12.2 Å². The van der Waals surface area contributed by atoms with Gasteiger partial charge in [0.25, 0.3) is 0 Å². The molecule has 4 nitrogen and oxygen atoms in total. The standard InChI is InChI=1S/C13H25NO3/c1-4-5-8-14-12(7-6-9-15)10-17-13(16)11(2)3/h12,14-15H,2,4-10H2,1,3H3. The van der Waals surface area contributed by atoms with Crippen LogP contribution in [-0.2, 0) is 9.53 Å². The first-order chi connectivity index (χ1) is 8.11. The van der Waals surface area contributed by atoms with Crippen LogP contribution in [0.5, 0.6) is 0 Å². The lowest BCUT2D eigenvalue weighted by molar-refractivity contribution is -0.139. The number of rotatable bonds is 10. The molecule has 1 atom stereocenters. The lowest BCUT2D eigenvalue weighted by Gasteiger charge is -2.18. The van der Waals surface area contributed by atoms with Gasteiger partial charge in [-0.2, -0.15) is 0 Å². The van der Waals surface area contributed by atoms with E-state index < -0.39 is 0 Å². The molecule has 0 saturated heterocycles. The molecule has 0 saturated carbocycles. The number of aliphatic hydroxyl groups is 1. The molecule has 0 aromatic rings. The minimum atomic E-state index is -0.351. The van der Waals surface area contributed by atoms with Crippen molar-refractivity contribution in [3.8, 4) is 0 Å². The number of hydrogen-bond donors (Lipinski definition) is 2. The second-order valence-corrected chi connectivity index (χ2v) is 4.25. The topological polar surface area (TPSA) is 58.6 Å². The zero-order valence-corrected chi connectivity index (χ0v) is 11.0. The van der Waals surface area contributed by atoms with Gasteiger partial charge in [0.1, 0.15) is 6.61 Å². The fraction of sp³-hybridized carbons (Fsp3) is 0.769. The molecule has 0 heterocycles. The zero-order chi connectivity index (χ0) is 13.1. The van der Waals surface area contributed by atoms with E-state index in [-0.39, 0.29) is 18.6 Å². The maximum Gasteiger partial charge on any atom is 0.333 e. The molecule has 0 bridgehead atoms. The highest BCUT2D eigenvalue weighted by Gasteiger charge is 2.11. The molecular weight excluding hydrogens is 218 g/mol. The van der Waals surface area contributed by atoms with Crippen LogP contribution in [0.1, 0.15) is 39.5 Å². The Morgan fingerprint density at radius 3 is 2.71 bits per heavy atom. The van der Waals surface area contributed by atoms with Crippen LogP contribution < -0.4 is 5.32 Å². The summed E-state index contributed by atoms with van der Waals surface area (Å²) in [6.07, 6.45) is 3.76. The summed E-state index contributed by atoms with van der Waals surface area (Å²) in [5.74, 6) is -0.351. The summed E-state index contributed by atoms with van der Waals surface area (Å²) in [6, 6.07) is 0.122. The van der Waals surface area contributed by atoms with Crippen molar-refractivity contribution in [2.75, 3.05) is 19.8 Å². The Bertz CT molecular complexity index is 229. The van der Waals surface area contributed by atoms with E-state index in [2.05, 4.69) is 18.8 Å². The van der Waals surface area contributed by atoms with E-state index in [1.165, 1.54) is 0 Å². The number of carbonyl (C=O) groups excluding carboxylic acids is 1. The SMILES string of the molecule is C=C(C)C(=O)OCC(CCCO)NCCCC. The van der Waals surface area contributed by atoms with Crippen LogP contribution in [0.3, 0.4) is 0 Å². The Balaban J connectivity index is 3.91. The van der Waals surface area contributed by atoms with Crippen molar-refractivity contribution >= 4 is 5.97 Å². The van der Waals surface area contributed by atoms with Gasteiger partial charge in [-0.1, -0.05) is 19.9 Å². The fourth-order valence-corrected chi connectivity index (χ4v) is 1.36. The minimum absolute atomic E-state index is 0.122. The van der Waals surface area contributed by atoms with Crippen molar-refractivity contribution in [3.63, 3.8) is 0 Å². The summed E-state index contributed by atoms with van der Waals surface area (Å²) in [7, 11) is 0. The average Bonchev–Trinajstić information content (AvgIpc) is 2.31. The number of esters is 1. The molecule has 0 aliphatic heterocycles. The van der Waals surface area contributed by atoms with E-state index >= 15 is 0 Å². The molecule has 0 amide bonds. The van der Waals surface area contributed by atoms with Crippen LogP contribution in [0.15, 0.2) is 12.2 Å². The van der Waals surface area contributed by atoms with Crippen molar-refractivity contribution < 1.29 is 14.6 Å². The molecular formula is C13H25NO3. The van der Waals surface area contributed by atoms with Gasteiger partial charge in [-0.05, 0) is 32.7 Å². The van der Waals surface area contributed by atoms with Crippen molar-refractivity contribution in [1.82, 2.24) is 5.32 Å². The molecule has 2 N–H and O–H groups in total. The molecule has 17 heavy (non-hydrogen) atoms. The third-order valence-corrected chi connectivity index (χ3v) is 2.44. The highest BCUT2D eigenvalue weighted by Crippen LogP contribution is 2.01. The molecule has 0 aliphatic rings. The molecule has 0 aromatic carbocycles. The maximum atomic E-state index is 11.3. The van der Waals surface area contributed by atoms with Gasteiger partial charge in [0.15, 0.2) is 0 Å². The summed E-state index contributed by atoms with van der Waals surface area (Å²) in [4.78, 5) is 11.3. The van der Waals surface area contributed by atoms with Crippen LogP contribution in [0, 0.1) is 0 Å². The smallest absolute Gasteiger partial charge is 0.333 e. The molecule has 4 heteroatoms. The highest BCUT2D eigenvalue weighted by molar-refractivity contribution is 5.86. The summed E-state index contributed by atoms with van der Waals surface area (Å²) < 4.78 is 5.11. The monoisotopic (exact) mass is 243 g/mol. The zero-order valence-electron chi connectivity index (χ0n) is 11.0. The second kappa shape index (κ2) is 10.3. The lowest BCUT2D eigenvalue weighted by Crippen LogP contribution is -2.35. The number of aliphatic hydroxyl groups excluding tert-OH is 1. The van der Waals surface area contributed by atoms with Gasteiger partial charge in [0.2, 0.25) is 0 Å². The summed E-state index contributed by atoms with van der Waals surface area (Å²) >= 11 is 0. The van der Waals surface area contributed by atoms with E-state index in [1.807, 2.05) is 0 Å². The Morgan fingerprint density at radius 2 is 2.18 bits per heavy atom. The van der Waals surface area contributed by atoms with E-state index in [0.29, 0.717) is 18.6 Å². The summed E-state index contributed by atoms with van der Waals surface area (Å²) in [5, 5.41) is 12.1. The second-order valence-electron chi connectivity index (χ2n) is 4.25. The highest BCUT2D eigenvalue weighted by atomic mass is 16.5. The van der Waals surface area contributed by atoms with Gasteiger partial charge in [-0.25, -0.2) is 4.79 Å². The quantitative estimate of drug-likeness (QED) is 0.348. The van der Waals surface area contributed by atoms with E-state index in [4.69, 9.17) is 9.84 Å². The number of ether oxygens (including phenoxy) is 1. The number of nitrogens with one attached hydrogen (secondary N) is 1. The lowest BCUT2D eigenvalue weighted by atomic mass is 10.1. The normalized spacial score (nSPS) is 12.2. The minimum Gasteiger partial charge on any atom is -0.461 e. The van der Waals surface area contributed by atoms with Gasteiger partial charge in [0, 0.05) is 18.2 Å². The number of unbranched alkanes of at least 4 members (excludes halogenated alkanes) is 1. The first-order valence-electron chi connectivity index (χ1n) is 6.28. The largest absolute Gasteiger partial charge is 0.461 e. The molecule has 0 spiro atoms.